The molecule has 0 saturated heterocycles. The number of ether oxygens (including phenoxy) is 1. The van der Waals surface area contributed by atoms with E-state index in [0.29, 0.717) is 11.8 Å². The van der Waals surface area contributed by atoms with E-state index in [9.17, 15) is 4.79 Å². The molecule has 0 N–H and O–H groups in total. The molecule has 0 radical (unpaired) electrons. The Morgan fingerprint density at radius 1 is 1.53 bits per heavy atom. The topological polar surface area (TPSA) is 42.4 Å². The van der Waals surface area contributed by atoms with Crippen molar-refractivity contribution in [3.63, 3.8) is 0 Å². The van der Waals surface area contributed by atoms with Crippen molar-refractivity contribution in [2.75, 3.05) is 11.4 Å². The summed E-state index contributed by atoms with van der Waals surface area (Å²) in [4.78, 5) is 18.4. The molecule has 1 fully saturated rings. The lowest BCUT2D eigenvalue weighted by Crippen LogP contribution is -2.40. The van der Waals surface area contributed by atoms with Crippen LogP contribution in [-0.2, 0) is 4.74 Å². The molecule has 4 nitrogen and oxygen atoms in total. The summed E-state index contributed by atoms with van der Waals surface area (Å²) in [6.07, 6.45) is 2.58. The first kappa shape index (κ1) is 12.9. The van der Waals surface area contributed by atoms with Gasteiger partial charge in [0.15, 0.2) is 0 Å². The van der Waals surface area contributed by atoms with Crippen LogP contribution < -0.4 is 4.90 Å². The highest BCUT2D eigenvalue weighted by Crippen LogP contribution is 2.54. The van der Waals surface area contributed by atoms with Crippen molar-refractivity contribution in [2.24, 2.45) is 5.92 Å². The highest BCUT2D eigenvalue weighted by Gasteiger charge is 2.48. The third kappa shape index (κ3) is 2.48. The number of anilines is 1. The standard InChI is InChI=1S/C14H17BrN2O2/c1-14(2,3)19-13(18)17-7-8-4-10(8)11-5-9(15)6-16-12(11)17/h5-6,8,10H,4,7H2,1-3H3. The summed E-state index contributed by atoms with van der Waals surface area (Å²) in [5.41, 5.74) is 0.684. The van der Waals surface area contributed by atoms with E-state index in [-0.39, 0.29) is 6.09 Å². The highest BCUT2D eigenvalue weighted by atomic mass is 79.9. The van der Waals surface area contributed by atoms with Gasteiger partial charge in [0.1, 0.15) is 11.4 Å². The van der Waals surface area contributed by atoms with Gasteiger partial charge in [0, 0.05) is 17.2 Å². The van der Waals surface area contributed by atoms with E-state index >= 15 is 0 Å². The van der Waals surface area contributed by atoms with E-state index in [1.807, 2.05) is 20.8 Å². The number of hydrogen-bond acceptors (Lipinski definition) is 3. The summed E-state index contributed by atoms with van der Waals surface area (Å²) < 4.78 is 6.43. The van der Waals surface area contributed by atoms with Crippen molar-refractivity contribution in [2.45, 2.75) is 38.7 Å². The molecule has 0 bridgehead atoms. The van der Waals surface area contributed by atoms with Gasteiger partial charge in [-0.3, -0.25) is 4.90 Å². The summed E-state index contributed by atoms with van der Waals surface area (Å²) in [6.45, 7) is 6.36. The van der Waals surface area contributed by atoms with Crippen LogP contribution in [0.3, 0.4) is 0 Å². The second-order valence-corrected chi connectivity index (χ2v) is 7.18. The molecule has 1 saturated carbocycles. The molecule has 1 aliphatic heterocycles. The molecule has 1 aromatic rings. The molecule has 2 aliphatic rings. The monoisotopic (exact) mass is 324 g/mol. The molecule has 3 rings (SSSR count). The van der Waals surface area contributed by atoms with Gasteiger partial charge >= 0.3 is 6.09 Å². The minimum Gasteiger partial charge on any atom is -0.443 e. The Hall–Kier alpha value is -1.10. The van der Waals surface area contributed by atoms with E-state index in [2.05, 4.69) is 27.0 Å². The quantitative estimate of drug-likeness (QED) is 0.730. The number of carbonyl (C=O) groups excluding carboxylic acids is 1. The SMILES string of the molecule is CC(C)(C)OC(=O)N1CC2CC2c2cc(Br)cnc21. The van der Waals surface area contributed by atoms with E-state index in [0.717, 1.165) is 28.8 Å². The number of carbonyl (C=O) groups is 1. The zero-order chi connectivity index (χ0) is 13.8. The van der Waals surface area contributed by atoms with Crippen molar-refractivity contribution in [1.29, 1.82) is 0 Å². The maximum atomic E-state index is 12.3. The summed E-state index contributed by atoms with van der Waals surface area (Å²) in [5.74, 6) is 1.89. The fraction of sp³-hybridized carbons (Fsp3) is 0.571. The molecule has 2 heterocycles. The van der Waals surface area contributed by atoms with Gasteiger partial charge in [-0.15, -0.1) is 0 Å². The van der Waals surface area contributed by atoms with Crippen LogP contribution >= 0.6 is 15.9 Å². The van der Waals surface area contributed by atoms with Crippen LogP contribution in [0.25, 0.3) is 0 Å². The number of halogens is 1. The molecule has 0 spiro atoms. The van der Waals surface area contributed by atoms with Gasteiger partial charge in [0.25, 0.3) is 0 Å². The second-order valence-electron chi connectivity index (χ2n) is 6.26. The van der Waals surface area contributed by atoms with Crippen LogP contribution in [0.4, 0.5) is 10.6 Å². The molecule has 19 heavy (non-hydrogen) atoms. The van der Waals surface area contributed by atoms with E-state index in [4.69, 9.17) is 4.74 Å². The van der Waals surface area contributed by atoms with Crippen LogP contribution in [0.1, 0.15) is 38.7 Å². The molecular weight excluding hydrogens is 308 g/mol. The Labute approximate surface area is 121 Å². The minimum atomic E-state index is -0.479. The van der Waals surface area contributed by atoms with Crippen molar-refractivity contribution in [3.8, 4) is 0 Å². The van der Waals surface area contributed by atoms with Gasteiger partial charge in [-0.25, -0.2) is 9.78 Å². The van der Waals surface area contributed by atoms with Crippen LogP contribution in [0, 0.1) is 5.92 Å². The number of rotatable bonds is 0. The lowest BCUT2D eigenvalue weighted by molar-refractivity contribution is 0.0575. The van der Waals surface area contributed by atoms with Crippen molar-refractivity contribution in [1.82, 2.24) is 4.98 Å². The maximum Gasteiger partial charge on any atom is 0.416 e. The molecule has 1 aromatic heterocycles. The number of aromatic nitrogens is 1. The Morgan fingerprint density at radius 2 is 2.26 bits per heavy atom. The largest absolute Gasteiger partial charge is 0.443 e. The van der Waals surface area contributed by atoms with E-state index in [1.54, 1.807) is 11.1 Å². The number of hydrogen-bond donors (Lipinski definition) is 0. The fourth-order valence-electron chi connectivity index (χ4n) is 2.58. The van der Waals surface area contributed by atoms with Gasteiger partial charge in [-0.1, -0.05) is 0 Å². The van der Waals surface area contributed by atoms with Crippen molar-refractivity contribution < 1.29 is 9.53 Å². The molecule has 102 valence electrons. The Bertz CT molecular complexity index is 539. The van der Waals surface area contributed by atoms with E-state index in [1.165, 1.54) is 0 Å². The second kappa shape index (κ2) is 4.20. The fourth-order valence-corrected chi connectivity index (χ4v) is 2.92. The predicted molar refractivity (Wildman–Crippen MR) is 76.4 cm³/mol. The highest BCUT2D eigenvalue weighted by molar-refractivity contribution is 9.10. The average Bonchev–Trinajstić information content (AvgIpc) is 3.04. The molecular formula is C14H17BrN2O2. The Morgan fingerprint density at radius 3 is 2.95 bits per heavy atom. The van der Waals surface area contributed by atoms with Crippen LogP contribution in [0.5, 0.6) is 0 Å². The minimum absolute atomic E-state index is 0.297. The molecule has 1 amide bonds. The summed E-state index contributed by atoms with van der Waals surface area (Å²) in [6, 6.07) is 2.07. The van der Waals surface area contributed by atoms with Gasteiger partial charge in [-0.05, 0) is 66.6 Å². The Kier molecular flexibility index (Phi) is 2.85. The van der Waals surface area contributed by atoms with Crippen molar-refractivity contribution in [3.05, 3.63) is 22.3 Å². The first-order valence-electron chi connectivity index (χ1n) is 6.51. The number of pyridine rings is 1. The van der Waals surface area contributed by atoms with Crippen molar-refractivity contribution >= 4 is 27.8 Å². The smallest absolute Gasteiger partial charge is 0.416 e. The zero-order valence-corrected chi connectivity index (χ0v) is 12.9. The summed E-state index contributed by atoms with van der Waals surface area (Å²) >= 11 is 3.45. The van der Waals surface area contributed by atoms with Gasteiger partial charge in [0.2, 0.25) is 0 Å². The maximum absolute atomic E-state index is 12.3. The summed E-state index contributed by atoms with van der Waals surface area (Å²) in [5, 5.41) is 0. The zero-order valence-electron chi connectivity index (χ0n) is 11.3. The third-order valence-electron chi connectivity index (χ3n) is 3.47. The van der Waals surface area contributed by atoms with Crippen LogP contribution in [-0.4, -0.2) is 23.2 Å². The lowest BCUT2D eigenvalue weighted by atomic mass is 10.1. The number of amides is 1. The lowest BCUT2D eigenvalue weighted by Gasteiger charge is -2.30. The molecule has 5 heteroatoms. The third-order valence-corrected chi connectivity index (χ3v) is 3.90. The molecule has 2 atom stereocenters. The average molecular weight is 325 g/mol. The van der Waals surface area contributed by atoms with E-state index < -0.39 is 5.60 Å². The first-order valence-corrected chi connectivity index (χ1v) is 7.30. The van der Waals surface area contributed by atoms with Crippen LogP contribution in [0.15, 0.2) is 16.7 Å². The molecule has 0 aromatic carbocycles. The normalized spacial score (nSPS) is 24.5. The molecule has 2 unspecified atom stereocenters. The number of fused-ring (bicyclic) bond motifs is 3. The van der Waals surface area contributed by atoms with Gasteiger partial charge in [0.05, 0.1) is 0 Å². The Balaban J connectivity index is 1.91. The predicted octanol–water partition coefficient (Wildman–Crippen LogP) is 3.70. The van der Waals surface area contributed by atoms with Crippen LogP contribution in [0.2, 0.25) is 0 Å². The van der Waals surface area contributed by atoms with Gasteiger partial charge < -0.3 is 4.74 Å². The number of nitrogens with zero attached hydrogens (tertiary/aromatic N) is 2. The van der Waals surface area contributed by atoms with Gasteiger partial charge in [-0.2, -0.15) is 0 Å². The first-order chi connectivity index (χ1) is 8.85. The summed E-state index contributed by atoms with van der Waals surface area (Å²) in [7, 11) is 0. The molecule has 1 aliphatic carbocycles.